The third-order valence-corrected chi connectivity index (χ3v) is 8.62. The van der Waals surface area contributed by atoms with Gasteiger partial charge in [0, 0.05) is 31.0 Å². The largest absolute Gasteiger partial charge is 0.496 e. The Hall–Kier alpha value is -3.99. The highest BCUT2D eigenvalue weighted by Crippen LogP contribution is 2.35. The number of nitrogens with zero attached hydrogens (tertiary/aromatic N) is 2. The standard InChI is InChI=1S/C36H47N3O7/c1-42-33-8-3-2-7-29(33)26-43-20-6-21-44-30-12-10-28(11-13-30)31-15-18-39(36(40)41)24-35(31)46-25-27-9-14-34-32(23-27)38(19-22-45-34)17-5-4-16-37/h2-3,7-14,23,31,35H,4-6,15-22,24-26,37H2,1H3,(H,40,41). The van der Waals surface area contributed by atoms with Crippen LogP contribution in [0.15, 0.2) is 66.7 Å². The van der Waals surface area contributed by atoms with E-state index in [2.05, 4.69) is 23.1 Å². The van der Waals surface area contributed by atoms with Crippen molar-refractivity contribution in [2.45, 2.75) is 50.9 Å². The quantitative estimate of drug-likeness (QED) is 0.193. The molecule has 2 unspecified atom stereocenters. The van der Waals surface area contributed by atoms with Crippen molar-refractivity contribution >= 4 is 11.8 Å². The number of hydrogen-bond acceptors (Lipinski definition) is 8. The Kier molecular flexibility index (Phi) is 12.4. The van der Waals surface area contributed by atoms with E-state index in [0.29, 0.717) is 59.1 Å². The lowest BCUT2D eigenvalue weighted by atomic mass is 9.87. The third kappa shape index (κ3) is 9.05. The van der Waals surface area contributed by atoms with E-state index in [9.17, 15) is 9.90 Å². The van der Waals surface area contributed by atoms with E-state index in [-0.39, 0.29) is 12.0 Å². The fourth-order valence-corrected chi connectivity index (χ4v) is 6.10. The highest BCUT2D eigenvalue weighted by Gasteiger charge is 2.33. The Morgan fingerprint density at radius 3 is 2.65 bits per heavy atom. The second-order valence-electron chi connectivity index (χ2n) is 11.7. The number of carboxylic acid groups (broad SMARTS) is 1. The van der Waals surface area contributed by atoms with E-state index < -0.39 is 6.09 Å². The SMILES string of the molecule is COc1ccccc1COCCCOc1ccc(C2CCN(C(=O)O)CC2OCc2ccc3c(c2)N(CCCCN)CCO3)cc1. The molecule has 0 saturated carbocycles. The monoisotopic (exact) mass is 633 g/mol. The minimum absolute atomic E-state index is 0.0711. The van der Waals surface area contributed by atoms with E-state index in [1.54, 1.807) is 7.11 Å². The van der Waals surface area contributed by atoms with Crippen LogP contribution in [0, 0.1) is 0 Å². The molecule has 2 aliphatic heterocycles. The minimum Gasteiger partial charge on any atom is -0.496 e. The number of ether oxygens (including phenoxy) is 5. The summed E-state index contributed by atoms with van der Waals surface area (Å²) in [6, 6.07) is 22.1. The Morgan fingerprint density at radius 1 is 1.00 bits per heavy atom. The number of anilines is 1. The fraction of sp³-hybridized carbons (Fsp3) is 0.472. The van der Waals surface area contributed by atoms with Crippen molar-refractivity contribution in [3.05, 3.63) is 83.4 Å². The molecule has 0 aliphatic carbocycles. The molecule has 2 atom stereocenters. The third-order valence-electron chi connectivity index (χ3n) is 8.62. The van der Waals surface area contributed by atoms with Gasteiger partial charge in [0.1, 0.15) is 23.9 Å². The van der Waals surface area contributed by atoms with Gasteiger partial charge in [-0.25, -0.2) is 4.79 Å². The van der Waals surface area contributed by atoms with Crippen LogP contribution in [0.1, 0.15) is 48.3 Å². The van der Waals surface area contributed by atoms with Crippen LogP contribution in [0.3, 0.4) is 0 Å². The number of likely N-dealkylation sites (tertiary alicyclic amines) is 1. The minimum atomic E-state index is -0.915. The van der Waals surface area contributed by atoms with Crippen molar-refractivity contribution in [1.29, 1.82) is 0 Å². The van der Waals surface area contributed by atoms with Crippen molar-refractivity contribution in [2.75, 3.05) is 64.6 Å². The molecule has 10 nitrogen and oxygen atoms in total. The van der Waals surface area contributed by atoms with Gasteiger partial charge in [-0.1, -0.05) is 36.4 Å². The molecule has 3 N–H and O–H groups in total. The number of hydrogen-bond donors (Lipinski definition) is 2. The summed E-state index contributed by atoms with van der Waals surface area (Å²) in [6.45, 7) is 5.96. The summed E-state index contributed by atoms with van der Waals surface area (Å²) in [6.07, 6.45) is 2.29. The molecule has 248 valence electrons. The van der Waals surface area contributed by atoms with Gasteiger partial charge in [0.25, 0.3) is 0 Å². The van der Waals surface area contributed by atoms with Gasteiger partial charge in [-0.15, -0.1) is 0 Å². The molecular weight excluding hydrogens is 586 g/mol. The van der Waals surface area contributed by atoms with E-state index in [1.807, 2.05) is 48.5 Å². The Labute approximate surface area is 271 Å². The maximum absolute atomic E-state index is 11.8. The first kappa shape index (κ1) is 33.4. The van der Waals surface area contributed by atoms with Gasteiger partial charge >= 0.3 is 6.09 Å². The van der Waals surface area contributed by atoms with Crippen molar-refractivity contribution in [1.82, 2.24) is 4.90 Å². The molecule has 46 heavy (non-hydrogen) atoms. The van der Waals surface area contributed by atoms with Gasteiger partial charge in [-0.3, -0.25) is 0 Å². The van der Waals surface area contributed by atoms with Crippen LogP contribution in [0.25, 0.3) is 0 Å². The molecule has 3 aromatic rings. The zero-order valence-corrected chi connectivity index (χ0v) is 26.8. The van der Waals surface area contributed by atoms with Gasteiger partial charge < -0.3 is 44.3 Å². The second-order valence-corrected chi connectivity index (χ2v) is 11.7. The molecule has 10 heteroatoms. The number of fused-ring (bicyclic) bond motifs is 1. The number of para-hydroxylation sites is 1. The Bertz CT molecular complexity index is 1390. The van der Waals surface area contributed by atoms with E-state index in [1.165, 1.54) is 4.90 Å². The molecule has 0 aromatic heterocycles. The normalized spacial score (nSPS) is 17.7. The molecule has 2 heterocycles. The smallest absolute Gasteiger partial charge is 0.407 e. The van der Waals surface area contributed by atoms with E-state index in [0.717, 1.165) is 72.0 Å². The van der Waals surface area contributed by atoms with Crippen molar-refractivity contribution in [2.24, 2.45) is 5.73 Å². The number of rotatable bonds is 16. The molecule has 1 saturated heterocycles. The fourth-order valence-electron chi connectivity index (χ4n) is 6.10. The lowest BCUT2D eigenvalue weighted by molar-refractivity contribution is -0.0199. The van der Waals surface area contributed by atoms with Crippen LogP contribution < -0.4 is 24.8 Å². The average Bonchev–Trinajstić information content (AvgIpc) is 3.09. The van der Waals surface area contributed by atoms with Crippen molar-refractivity contribution in [3.63, 3.8) is 0 Å². The van der Waals surface area contributed by atoms with Gasteiger partial charge in [0.15, 0.2) is 0 Å². The molecule has 5 rings (SSSR count). The molecular formula is C36H47N3O7. The summed E-state index contributed by atoms with van der Waals surface area (Å²) in [5.74, 6) is 2.58. The van der Waals surface area contributed by atoms with Gasteiger partial charge in [-0.2, -0.15) is 0 Å². The van der Waals surface area contributed by atoms with Crippen LogP contribution in [0.2, 0.25) is 0 Å². The number of nitrogens with two attached hydrogens (primary N) is 1. The average molecular weight is 634 g/mol. The summed E-state index contributed by atoms with van der Waals surface area (Å²) in [5.41, 5.74) is 9.96. The number of carbonyl (C=O) groups is 1. The molecule has 0 bridgehead atoms. The van der Waals surface area contributed by atoms with Crippen LogP contribution in [0.5, 0.6) is 17.2 Å². The number of amides is 1. The Balaban J connectivity index is 1.14. The molecule has 1 amide bonds. The predicted octanol–water partition coefficient (Wildman–Crippen LogP) is 5.67. The first-order valence-electron chi connectivity index (χ1n) is 16.3. The van der Waals surface area contributed by atoms with Crippen molar-refractivity contribution < 1.29 is 33.6 Å². The maximum atomic E-state index is 11.8. The summed E-state index contributed by atoms with van der Waals surface area (Å²) in [4.78, 5) is 15.7. The summed E-state index contributed by atoms with van der Waals surface area (Å²) in [5, 5.41) is 9.71. The van der Waals surface area contributed by atoms with Crippen LogP contribution in [-0.2, 0) is 22.7 Å². The first-order chi connectivity index (χ1) is 22.6. The summed E-state index contributed by atoms with van der Waals surface area (Å²) >= 11 is 0. The van der Waals surface area contributed by atoms with Crippen LogP contribution in [-0.4, -0.2) is 81.9 Å². The topological polar surface area (TPSA) is 116 Å². The number of piperidine rings is 1. The van der Waals surface area contributed by atoms with Gasteiger partial charge in [0.05, 0.1) is 58.4 Å². The van der Waals surface area contributed by atoms with E-state index >= 15 is 0 Å². The molecule has 2 aliphatic rings. The summed E-state index contributed by atoms with van der Waals surface area (Å²) in [7, 11) is 1.66. The zero-order chi connectivity index (χ0) is 32.1. The van der Waals surface area contributed by atoms with Crippen LogP contribution in [0.4, 0.5) is 10.5 Å². The lowest BCUT2D eigenvalue weighted by Gasteiger charge is -2.37. The first-order valence-corrected chi connectivity index (χ1v) is 16.3. The predicted molar refractivity (Wildman–Crippen MR) is 177 cm³/mol. The molecule has 0 radical (unpaired) electrons. The second kappa shape index (κ2) is 17.1. The number of benzene rings is 3. The van der Waals surface area contributed by atoms with Crippen molar-refractivity contribution in [3.8, 4) is 17.2 Å². The molecule has 1 fully saturated rings. The van der Waals surface area contributed by atoms with E-state index in [4.69, 9.17) is 29.4 Å². The number of unbranched alkanes of at least 4 members (excludes halogenated alkanes) is 1. The number of methoxy groups -OCH3 is 1. The molecule has 0 spiro atoms. The maximum Gasteiger partial charge on any atom is 0.407 e. The summed E-state index contributed by atoms with van der Waals surface area (Å²) < 4.78 is 29.5. The lowest BCUT2D eigenvalue weighted by Crippen LogP contribution is -2.46. The zero-order valence-electron chi connectivity index (χ0n) is 26.8. The highest BCUT2D eigenvalue weighted by molar-refractivity contribution is 5.65. The highest BCUT2D eigenvalue weighted by atomic mass is 16.5. The Morgan fingerprint density at radius 2 is 1.85 bits per heavy atom. The van der Waals surface area contributed by atoms with Gasteiger partial charge in [-0.05, 0) is 67.3 Å². The molecule has 3 aromatic carbocycles. The van der Waals surface area contributed by atoms with Gasteiger partial charge in [0.2, 0.25) is 0 Å². The van der Waals surface area contributed by atoms with Crippen LogP contribution >= 0.6 is 0 Å².